The van der Waals surface area contributed by atoms with Crippen molar-refractivity contribution in [3.05, 3.63) is 36.5 Å². The van der Waals surface area contributed by atoms with Crippen LogP contribution in [-0.4, -0.2) is 49.4 Å². The molecular formula is C14H15N5O2S. The first-order chi connectivity index (χ1) is 10.6. The molecule has 22 heavy (non-hydrogen) atoms. The van der Waals surface area contributed by atoms with Gasteiger partial charge in [-0.05, 0) is 19.1 Å². The lowest BCUT2D eigenvalue weighted by Crippen LogP contribution is -2.33. The zero-order valence-electron chi connectivity index (χ0n) is 12.0. The Kier molecular flexibility index (Phi) is 4.10. The Morgan fingerprint density at radius 1 is 1.41 bits per heavy atom. The third kappa shape index (κ3) is 3.11. The van der Waals surface area contributed by atoms with E-state index < -0.39 is 0 Å². The highest BCUT2D eigenvalue weighted by atomic mass is 32.2. The number of carbonyl (C=O) groups is 2. The van der Waals surface area contributed by atoms with Crippen LogP contribution in [0, 0.1) is 6.92 Å². The predicted octanol–water partition coefficient (Wildman–Crippen LogP) is 1.68. The van der Waals surface area contributed by atoms with Gasteiger partial charge in [-0.2, -0.15) is 0 Å². The second kappa shape index (κ2) is 6.18. The number of carbonyl (C=O) groups excluding carboxylic acids is 2. The first-order valence-corrected chi connectivity index (χ1v) is 7.80. The van der Waals surface area contributed by atoms with Gasteiger partial charge in [-0.15, -0.1) is 0 Å². The molecule has 7 nitrogen and oxygen atoms in total. The summed E-state index contributed by atoms with van der Waals surface area (Å²) in [4.78, 5) is 33.4. The van der Waals surface area contributed by atoms with Crippen LogP contribution in [0.15, 0.2) is 30.7 Å². The van der Waals surface area contributed by atoms with E-state index in [0.717, 1.165) is 17.4 Å². The molecule has 3 heterocycles. The maximum Gasteiger partial charge on any atom is 0.282 e. The number of aryl methyl sites for hydroxylation is 1. The SMILES string of the molecule is Cc1nccn1-c1ccc(NC(=O)CN2CCSC2=O)cn1. The zero-order chi connectivity index (χ0) is 15.5. The molecule has 0 saturated carbocycles. The van der Waals surface area contributed by atoms with Crippen LogP contribution in [0.25, 0.3) is 5.82 Å². The van der Waals surface area contributed by atoms with Gasteiger partial charge in [-0.3, -0.25) is 14.2 Å². The number of hydrogen-bond acceptors (Lipinski definition) is 5. The molecule has 0 spiro atoms. The Hall–Kier alpha value is -2.35. The number of nitrogens with zero attached hydrogens (tertiary/aromatic N) is 4. The molecule has 1 N–H and O–H groups in total. The van der Waals surface area contributed by atoms with E-state index in [2.05, 4.69) is 15.3 Å². The number of thioether (sulfide) groups is 1. The Morgan fingerprint density at radius 2 is 2.27 bits per heavy atom. The van der Waals surface area contributed by atoms with Gasteiger partial charge in [0.05, 0.1) is 11.9 Å². The molecule has 2 aromatic heterocycles. The van der Waals surface area contributed by atoms with Crippen molar-refractivity contribution in [2.24, 2.45) is 0 Å². The summed E-state index contributed by atoms with van der Waals surface area (Å²) in [5.74, 6) is 2.10. The zero-order valence-corrected chi connectivity index (χ0v) is 12.8. The highest BCUT2D eigenvalue weighted by molar-refractivity contribution is 8.13. The first-order valence-electron chi connectivity index (χ1n) is 6.81. The highest BCUT2D eigenvalue weighted by Crippen LogP contribution is 2.17. The van der Waals surface area contributed by atoms with E-state index in [1.165, 1.54) is 16.7 Å². The Morgan fingerprint density at radius 3 is 2.86 bits per heavy atom. The predicted molar refractivity (Wildman–Crippen MR) is 84.2 cm³/mol. The molecule has 0 bridgehead atoms. The maximum absolute atomic E-state index is 11.9. The van der Waals surface area contributed by atoms with Crippen LogP contribution in [-0.2, 0) is 4.79 Å². The van der Waals surface area contributed by atoms with Crippen molar-refractivity contribution in [1.82, 2.24) is 19.4 Å². The van der Waals surface area contributed by atoms with Gasteiger partial charge in [0.25, 0.3) is 5.24 Å². The molecule has 3 rings (SSSR count). The molecular weight excluding hydrogens is 302 g/mol. The van der Waals surface area contributed by atoms with E-state index in [1.54, 1.807) is 24.5 Å². The third-order valence-corrected chi connectivity index (χ3v) is 4.18. The molecule has 1 aliphatic heterocycles. The smallest absolute Gasteiger partial charge is 0.282 e. The van der Waals surface area contributed by atoms with E-state index in [-0.39, 0.29) is 17.7 Å². The fourth-order valence-electron chi connectivity index (χ4n) is 2.17. The number of amides is 2. The van der Waals surface area contributed by atoms with E-state index >= 15 is 0 Å². The average molecular weight is 317 g/mol. The highest BCUT2D eigenvalue weighted by Gasteiger charge is 2.23. The van der Waals surface area contributed by atoms with Crippen LogP contribution in [0.2, 0.25) is 0 Å². The fraction of sp³-hybridized carbons (Fsp3) is 0.286. The summed E-state index contributed by atoms with van der Waals surface area (Å²) >= 11 is 1.24. The van der Waals surface area contributed by atoms with Crippen molar-refractivity contribution in [3.63, 3.8) is 0 Å². The van der Waals surface area contributed by atoms with Gasteiger partial charge >= 0.3 is 0 Å². The largest absolute Gasteiger partial charge is 0.323 e. The Balaban J connectivity index is 1.62. The Bertz CT molecular complexity index is 698. The molecule has 0 atom stereocenters. The second-order valence-electron chi connectivity index (χ2n) is 4.83. The summed E-state index contributed by atoms with van der Waals surface area (Å²) in [6.07, 6.45) is 5.12. The van der Waals surface area contributed by atoms with Crippen LogP contribution in [0.5, 0.6) is 0 Å². The molecule has 8 heteroatoms. The fourth-order valence-corrected chi connectivity index (χ4v) is 2.99. The van der Waals surface area contributed by atoms with Crippen molar-refractivity contribution in [2.45, 2.75) is 6.92 Å². The van der Waals surface area contributed by atoms with Gasteiger partial charge in [-0.1, -0.05) is 11.8 Å². The van der Waals surface area contributed by atoms with Gasteiger partial charge in [0.15, 0.2) is 0 Å². The molecule has 2 amide bonds. The minimum Gasteiger partial charge on any atom is -0.323 e. The summed E-state index contributed by atoms with van der Waals surface area (Å²) in [7, 11) is 0. The number of aromatic nitrogens is 3. The van der Waals surface area contributed by atoms with Crippen LogP contribution >= 0.6 is 11.8 Å². The van der Waals surface area contributed by atoms with Gasteiger partial charge in [-0.25, -0.2) is 9.97 Å². The van der Waals surface area contributed by atoms with E-state index in [9.17, 15) is 9.59 Å². The summed E-state index contributed by atoms with van der Waals surface area (Å²) in [6, 6.07) is 3.58. The number of anilines is 1. The quantitative estimate of drug-likeness (QED) is 0.928. The van der Waals surface area contributed by atoms with Gasteiger partial charge in [0, 0.05) is 24.7 Å². The second-order valence-corrected chi connectivity index (χ2v) is 5.88. The maximum atomic E-state index is 11.9. The normalized spacial score (nSPS) is 14.4. The number of imidazole rings is 1. The molecule has 1 aliphatic rings. The minimum atomic E-state index is -0.218. The van der Waals surface area contributed by atoms with Crippen molar-refractivity contribution in [1.29, 1.82) is 0 Å². The number of rotatable bonds is 4. The molecule has 114 valence electrons. The van der Waals surface area contributed by atoms with E-state index in [4.69, 9.17) is 0 Å². The monoisotopic (exact) mass is 317 g/mol. The molecule has 0 aliphatic carbocycles. The lowest BCUT2D eigenvalue weighted by molar-refractivity contribution is -0.116. The summed E-state index contributed by atoms with van der Waals surface area (Å²) in [6.45, 7) is 2.59. The summed E-state index contributed by atoms with van der Waals surface area (Å²) in [5, 5.41) is 2.70. The first kappa shape index (κ1) is 14.6. The van der Waals surface area contributed by atoms with Crippen molar-refractivity contribution >= 4 is 28.6 Å². The van der Waals surface area contributed by atoms with Gasteiger partial charge in [0.2, 0.25) is 5.91 Å². The topological polar surface area (TPSA) is 80.1 Å². The molecule has 2 aromatic rings. The van der Waals surface area contributed by atoms with Crippen LogP contribution < -0.4 is 5.32 Å². The molecule has 1 fully saturated rings. The van der Waals surface area contributed by atoms with Gasteiger partial charge in [0.1, 0.15) is 18.2 Å². The average Bonchev–Trinajstić information content (AvgIpc) is 3.09. The third-order valence-electron chi connectivity index (χ3n) is 3.28. The lowest BCUT2D eigenvalue weighted by atomic mass is 10.3. The van der Waals surface area contributed by atoms with E-state index in [0.29, 0.717) is 12.2 Å². The number of nitrogens with one attached hydrogen (secondary N) is 1. The van der Waals surface area contributed by atoms with Gasteiger partial charge < -0.3 is 10.2 Å². The van der Waals surface area contributed by atoms with Crippen molar-refractivity contribution in [2.75, 3.05) is 24.2 Å². The Labute approximate surface area is 131 Å². The molecule has 1 saturated heterocycles. The van der Waals surface area contributed by atoms with Crippen LogP contribution in [0.3, 0.4) is 0 Å². The number of hydrogen-bond donors (Lipinski definition) is 1. The van der Waals surface area contributed by atoms with Crippen molar-refractivity contribution < 1.29 is 9.59 Å². The van der Waals surface area contributed by atoms with Crippen LogP contribution in [0.4, 0.5) is 10.5 Å². The number of pyridine rings is 1. The van der Waals surface area contributed by atoms with Crippen LogP contribution in [0.1, 0.15) is 5.82 Å². The standard InChI is InChI=1S/C14H15N5O2S/c1-10-15-4-5-19(10)12-3-2-11(8-16-12)17-13(20)9-18-6-7-22-14(18)21/h2-5,8H,6-7,9H2,1H3,(H,17,20). The van der Waals surface area contributed by atoms with Crippen molar-refractivity contribution in [3.8, 4) is 5.82 Å². The molecule has 0 aromatic carbocycles. The summed E-state index contributed by atoms with van der Waals surface area (Å²) in [5.41, 5.74) is 0.603. The minimum absolute atomic E-state index is 0.0424. The lowest BCUT2D eigenvalue weighted by Gasteiger charge is -2.14. The summed E-state index contributed by atoms with van der Waals surface area (Å²) < 4.78 is 1.85. The molecule has 0 unspecified atom stereocenters. The van der Waals surface area contributed by atoms with E-state index in [1.807, 2.05) is 17.7 Å². The molecule has 0 radical (unpaired) electrons.